The molecule has 4 heteroatoms. The molecule has 5 rings (SSSR count). The Morgan fingerprint density at radius 1 is 0.897 bits per heavy atom. The van der Waals surface area contributed by atoms with E-state index < -0.39 is 0 Å². The van der Waals surface area contributed by atoms with Gasteiger partial charge < -0.3 is 4.90 Å². The number of carbonyl (C=O) groups excluding carboxylic acids is 1. The van der Waals surface area contributed by atoms with E-state index in [-0.39, 0.29) is 11.9 Å². The van der Waals surface area contributed by atoms with Crippen molar-refractivity contribution in [2.75, 3.05) is 0 Å². The quantitative estimate of drug-likeness (QED) is 0.391. The minimum atomic E-state index is -0.0145. The molecule has 29 heavy (non-hydrogen) atoms. The Labute approximate surface area is 178 Å². The van der Waals surface area contributed by atoms with E-state index in [0.29, 0.717) is 13.0 Å². The summed E-state index contributed by atoms with van der Waals surface area (Å²) >= 11 is 3.51. The molecule has 0 saturated heterocycles. The minimum Gasteiger partial charge on any atom is -0.327 e. The second-order valence-electron chi connectivity index (χ2n) is 7.37. The van der Waals surface area contributed by atoms with Gasteiger partial charge in [0.15, 0.2) is 0 Å². The van der Waals surface area contributed by atoms with Gasteiger partial charge in [-0.3, -0.25) is 9.78 Å². The van der Waals surface area contributed by atoms with Crippen LogP contribution in [-0.4, -0.2) is 15.8 Å². The highest BCUT2D eigenvalue weighted by Gasteiger charge is 2.36. The fourth-order valence-electron chi connectivity index (χ4n) is 4.08. The van der Waals surface area contributed by atoms with Crippen LogP contribution in [0.2, 0.25) is 0 Å². The molecule has 3 nitrogen and oxygen atoms in total. The first kappa shape index (κ1) is 18.1. The number of nitrogens with zero attached hydrogens (tertiary/aromatic N) is 2. The number of amides is 1. The number of rotatable bonds is 4. The highest BCUT2D eigenvalue weighted by Crippen LogP contribution is 2.37. The van der Waals surface area contributed by atoms with Crippen LogP contribution in [0, 0.1) is 0 Å². The van der Waals surface area contributed by atoms with Gasteiger partial charge in [-0.2, -0.15) is 0 Å². The molecule has 1 atom stereocenters. The largest absolute Gasteiger partial charge is 0.327 e. The maximum Gasteiger partial charge on any atom is 0.255 e. The van der Waals surface area contributed by atoms with Crippen molar-refractivity contribution < 1.29 is 4.79 Å². The molecular weight excluding hydrogens is 424 g/mol. The molecule has 1 unspecified atom stereocenters. The molecule has 1 aliphatic heterocycles. The Bertz CT molecular complexity index is 1210. The van der Waals surface area contributed by atoms with E-state index >= 15 is 0 Å². The van der Waals surface area contributed by atoms with Crippen LogP contribution < -0.4 is 0 Å². The van der Waals surface area contributed by atoms with E-state index in [2.05, 4.69) is 52.3 Å². The zero-order valence-corrected chi connectivity index (χ0v) is 17.3. The molecular formula is C25H19BrN2O. The Balaban J connectivity index is 1.51. The predicted molar refractivity (Wildman–Crippen MR) is 119 cm³/mol. The number of aromatic nitrogens is 1. The van der Waals surface area contributed by atoms with E-state index in [4.69, 9.17) is 4.98 Å². The summed E-state index contributed by atoms with van der Waals surface area (Å²) in [7, 11) is 0. The Kier molecular flexibility index (Phi) is 4.64. The Morgan fingerprint density at radius 3 is 2.55 bits per heavy atom. The number of halogens is 1. The van der Waals surface area contributed by atoms with Crippen LogP contribution in [0.15, 0.2) is 89.4 Å². The fraction of sp³-hybridized carbons (Fsp3) is 0.120. The number of benzene rings is 3. The zero-order valence-electron chi connectivity index (χ0n) is 15.8. The van der Waals surface area contributed by atoms with Crippen molar-refractivity contribution in [3.8, 4) is 0 Å². The summed E-state index contributed by atoms with van der Waals surface area (Å²) in [5, 5.41) is 1.10. The predicted octanol–water partition coefficient (Wildman–Crippen LogP) is 5.94. The molecule has 4 aromatic rings. The van der Waals surface area contributed by atoms with Gasteiger partial charge in [0.1, 0.15) is 0 Å². The Morgan fingerprint density at radius 2 is 1.69 bits per heavy atom. The number of hydrogen-bond donors (Lipinski definition) is 0. The maximum absolute atomic E-state index is 13.2. The lowest BCUT2D eigenvalue weighted by molar-refractivity contribution is 0.0708. The van der Waals surface area contributed by atoms with Gasteiger partial charge in [0.2, 0.25) is 0 Å². The van der Waals surface area contributed by atoms with Crippen LogP contribution in [0.4, 0.5) is 0 Å². The van der Waals surface area contributed by atoms with Crippen LogP contribution >= 0.6 is 15.9 Å². The summed E-state index contributed by atoms with van der Waals surface area (Å²) in [4.78, 5) is 20.0. The van der Waals surface area contributed by atoms with Crippen LogP contribution in [0.25, 0.3) is 10.9 Å². The lowest BCUT2D eigenvalue weighted by Gasteiger charge is -2.25. The van der Waals surface area contributed by atoms with Gasteiger partial charge in [-0.15, -0.1) is 0 Å². The molecule has 1 aliphatic rings. The lowest BCUT2D eigenvalue weighted by Crippen LogP contribution is -2.29. The molecule has 0 radical (unpaired) electrons. The summed E-state index contributed by atoms with van der Waals surface area (Å²) in [6.07, 6.45) is 0.696. The van der Waals surface area contributed by atoms with Crippen molar-refractivity contribution in [2.45, 2.75) is 19.0 Å². The van der Waals surface area contributed by atoms with Gasteiger partial charge in [0.25, 0.3) is 5.91 Å². The molecule has 3 aromatic carbocycles. The molecule has 0 saturated carbocycles. The van der Waals surface area contributed by atoms with E-state index in [0.717, 1.165) is 37.8 Å². The van der Waals surface area contributed by atoms with Crippen molar-refractivity contribution in [1.29, 1.82) is 0 Å². The monoisotopic (exact) mass is 442 g/mol. The first-order chi connectivity index (χ1) is 14.2. The molecule has 1 amide bonds. The van der Waals surface area contributed by atoms with Gasteiger partial charge in [-0.05, 0) is 41.5 Å². The van der Waals surface area contributed by atoms with Gasteiger partial charge in [-0.25, -0.2) is 0 Å². The topological polar surface area (TPSA) is 33.2 Å². The third-order valence-electron chi connectivity index (χ3n) is 5.49. The number of hydrogen-bond acceptors (Lipinski definition) is 2. The average Bonchev–Trinajstić information content (AvgIpc) is 3.01. The van der Waals surface area contributed by atoms with Crippen molar-refractivity contribution in [3.63, 3.8) is 0 Å². The van der Waals surface area contributed by atoms with Crippen LogP contribution in [0.1, 0.15) is 33.2 Å². The highest BCUT2D eigenvalue weighted by atomic mass is 79.9. The summed E-state index contributed by atoms with van der Waals surface area (Å²) in [5.41, 5.74) is 4.99. The first-order valence-electron chi connectivity index (χ1n) is 9.68. The second-order valence-corrected chi connectivity index (χ2v) is 8.28. The first-order valence-corrected chi connectivity index (χ1v) is 10.5. The molecule has 2 heterocycles. The molecule has 0 spiro atoms. The summed E-state index contributed by atoms with van der Waals surface area (Å²) < 4.78 is 1.05. The van der Waals surface area contributed by atoms with Gasteiger partial charge >= 0.3 is 0 Å². The lowest BCUT2D eigenvalue weighted by atomic mass is 10.00. The minimum absolute atomic E-state index is 0.0145. The third kappa shape index (κ3) is 3.45. The smallest absolute Gasteiger partial charge is 0.255 e. The van der Waals surface area contributed by atoms with E-state index in [1.165, 1.54) is 0 Å². The summed E-state index contributed by atoms with van der Waals surface area (Å²) in [5.74, 6) is 0.0965. The van der Waals surface area contributed by atoms with Crippen molar-refractivity contribution in [3.05, 3.63) is 112 Å². The fourth-order valence-corrected chi connectivity index (χ4v) is 4.46. The van der Waals surface area contributed by atoms with Gasteiger partial charge in [0.05, 0.1) is 11.6 Å². The van der Waals surface area contributed by atoms with Gasteiger partial charge in [-0.1, -0.05) is 70.5 Å². The molecule has 0 fully saturated rings. The van der Waals surface area contributed by atoms with Gasteiger partial charge in [0, 0.05) is 34.1 Å². The number of pyridine rings is 1. The van der Waals surface area contributed by atoms with Crippen LogP contribution in [0.5, 0.6) is 0 Å². The van der Waals surface area contributed by atoms with E-state index in [1.54, 1.807) is 0 Å². The van der Waals surface area contributed by atoms with Crippen molar-refractivity contribution in [1.82, 2.24) is 9.88 Å². The average molecular weight is 443 g/mol. The Hall–Kier alpha value is -2.98. The molecule has 0 bridgehead atoms. The normalized spacial score (nSPS) is 15.7. The molecule has 0 aliphatic carbocycles. The van der Waals surface area contributed by atoms with Crippen LogP contribution in [0.3, 0.4) is 0 Å². The SMILES string of the molecule is O=C1c2ccccc2C(Cc2ccc3cc(Br)ccc3n2)N1Cc1ccccc1. The van der Waals surface area contributed by atoms with E-state index in [1.807, 2.05) is 53.4 Å². The summed E-state index contributed by atoms with van der Waals surface area (Å²) in [6.45, 7) is 0.597. The second kappa shape index (κ2) is 7.45. The van der Waals surface area contributed by atoms with Crippen molar-refractivity contribution >= 4 is 32.7 Å². The van der Waals surface area contributed by atoms with E-state index in [9.17, 15) is 4.79 Å². The molecule has 0 N–H and O–H groups in total. The third-order valence-corrected chi connectivity index (χ3v) is 5.99. The number of carbonyl (C=O) groups is 1. The zero-order chi connectivity index (χ0) is 19.8. The van der Waals surface area contributed by atoms with Crippen molar-refractivity contribution in [2.24, 2.45) is 0 Å². The summed E-state index contributed by atoms with van der Waals surface area (Å²) in [6, 6.07) is 28.4. The highest BCUT2D eigenvalue weighted by molar-refractivity contribution is 9.10. The standard InChI is InChI=1S/C25H19BrN2O/c26-19-11-13-23-18(14-19)10-12-20(27-23)15-24-21-8-4-5-9-22(21)25(29)28(24)16-17-6-2-1-3-7-17/h1-14,24H,15-16H2. The van der Waals surface area contributed by atoms with Crippen LogP contribution in [-0.2, 0) is 13.0 Å². The maximum atomic E-state index is 13.2. The number of fused-ring (bicyclic) bond motifs is 2. The molecule has 142 valence electrons. The molecule has 1 aromatic heterocycles.